The SMILES string of the molecule is O=C(CCc1cc(F)ccc1F)c1ccccc1. The van der Waals surface area contributed by atoms with Crippen molar-refractivity contribution in [1.82, 2.24) is 0 Å². The second kappa shape index (κ2) is 5.54. The molecule has 0 aromatic heterocycles. The molecule has 0 spiro atoms. The van der Waals surface area contributed by atoms with E-state index in [1.54, 1.807) is 24.3 Å². The first kappa shape index (κ1) is 12.4. The summed E-state index contributed by atoms with van der Waals surface area (Å²) in [6, 6.07) is 12.1. The first-order valence-corrected chi connectivity index (χ1v) is 5.69. The average molecular weight is 246 g/mol. The van der Waals surface area contributed by atoms with Gasteiger partial charge in [-0.3, -0.25) is 4.79 Å². The summed E-state index contributed by atoms with van der Waals surface area (Å²) in [5.41, 5.74) is 0.827. The molecule has 0 radical (unpaired) electrons. The molecule has 2 rings (SSSR count). The fourth-order valence-corrected chi connectivity index (χ4v) is 1.75. The van der Waals surface area contributed by atoms with E-state index in [-0.39, 0.29) is 24.2 Å². The van der Waals surface area contributed by atoms with E-state index in [9.17, 15) is 13.6 Å². The van der Waals surface area contributed by atoms with E-state index in [0.29, 0.717) is 5.56 Å². The third-order valence-corrected chi connectivity index (χ3v) is 2.72. The number of hydrogen-bond acceptors (Lipinski definition) is 1. The molecule has 92 valence electrons. The van der Waals surface area contributed by atoms with Crippen molar-refractivity contribution >= 4 is 5.78 Å². The molecule has 0 unspecified atom stereocenters. The molecule has 18 heavy (non-hydrogen) atoms. The van der Waals surface area contributed by atoms with Gasteiger partial charge in [0.2, 0.25) is 0 Å². The van der Waals surface area contributed by atoms with Gasteiger partial charge in [0.15, 0.2) is 5.78 Å². The zero-order valence-corrected chi connectivity index (χ0v) is 9.70. The maximum Gasteiger partial charge on any atom is 0.163 e. The zero-order valence-electron chi connectivity index (χ0n) is 9.70. The molecule has 3 heteroatoms. The number of rotatable bonds is 4. The molecule has 0 fully saturated rings. The van der Waals surface area contributed by atoms with Crippen molar-refractivity contribution in [2.45, 2.75) is 12.8 Å². The Hall–Kier alpha value is -2.03. The number of ketones is 1. The summed E-state index contributed by atoms with van der Waals surface area (Å²) in [7, 11) is 0. The molecular formula is C15H12F2O. The van der Waals surface area contributed by atoms with Gasteiger partial charge >= 0.3 is 0 Å². The maximum absolute atomic E-state index is 13.3. The highest BCUT2D eigenvalue weighted by atomic mass is 19.1. The van der Waals surface area contributed by atoms with E-state index < -0.39 is 11.6 Å². The molecular weight excluding hydrogens is 234 g/mol. The van der Waals surface area contributed by atoms with Gasteiger partial charge in [-0.25, -0.2) is 8.78 Å². The summed E-state index contributed by atoms with van der Waals surface area (Å²) in [5, 5.41) is 0. The summed E-state index contributed by atoms with van der Waals surface area (Å²) >= 11 is 0. The lowest BCUT2D eigenvalue weighted by Crippen LogP contribution is -2.02. The Kier molecular flexibility index (Phi) is 3.82. The predicted octanol–water partition coefficient (Wildman–Crippen LogP) is 3.78. The van der Waals surface area contributed by atoms with Crippen LogP contribution in [0.1, 0.15) is 22.3 Å². The molecule has 0 saturated heterocycles. The van der Waals surface area contributed by atoms with Crippen LogP contribution >= 0.6 is 0 Å². The maximum atomic E-state index is 13.3. The molecule has 0 aliphatic heterocycles. The van der Waals surface area contributed by atoms with Crippen LogP contribution in [0.15, 0.2) is 48.5 Å². The molecule has 0 saturated carbocycles. The van der Waals surface area contributed by atoms with E-state index in [1.165, 1.54) is 0 Å². The highest BCUT2D eigenvalue weighted by Crippen LogP contribution is 2.13. The van der Waals surface area contributed by atoms with Crippen molar-refractivity contribution in [2.75, 3.05) is 0 Å². The van der Waals surface area contributed by atoms with Gasteiger partial charge in [0, 0.05) is 12.0 Å². The van der Waals surface area contributed by atoms with Gasteiger partial charge < -0.3 is 0 Å². The van der Waals surface area contributed by atoms with Crippen molar-refractivity contribution in [1.29, 1.82) is 0 Å². The van der Waals surface area contributed by atoms with Gasteiger partial charge in [0.05, 0.1) is 0 Å². The van der Waals surface area contributed by atoms with Gasteiger partial charge in [-0.2, -0.15) is 0 Å². The third kappa shape index (κ3) is 3.00. The molecule has 0 aliphatic carbocycles. The Bertz CT molecular complexity index is 550. The van der Waals surface area contributed by atoms with Gasteiger partial charge in [-0.1, -0.05) is 30.3 Å². The van der Waals surface area contributed by atoms with Crippen LogP contribution in [0.25, 0.3) is 0 Å². The lowest BCUT2D eigenvalue weighted by molar-refractivity contribution is 0.0982. The molecule has 0 heterocycles. The van der Waals surface area contributed by atoms with Gasteiger partial charge in [-0.15, -0.1) is 0 Å². The van der Waals surface area contributed by atoms with Crippen molar-refractivity contribution in [2.24, 2.45) is 0 Å². The summed E-state index contributed by atoms with van der Waals surface area (Å²) in [6.45, 7) is 0. The van der Waals surface area contributed by atoms with Crippen molar-refractivity contribution in [3.05, 3.63) is 71.3 Å². The second-order valence-electron chi connectivity index (χ2n) is 4.02. The Balaban J connectivity index is 2.04. The Morgan fingerprint density at radius 3 is 2.44 bits per heavy atom. The molecule has 0 atom stereocenters. The Morgan fingerprint density at radius 1 is 1.00 bits per heavy atom. The van der Waals surface area contributed by atoms with E-state index in [1.807, 2.05) is 6.07 Å². The Labute approximate surface area is 104 Å². The summed E-state index contributed by atoms with van der Waals surface area (Å²) in [4.78, 5) is 11.8. The van der Waals surface area contributed by atoms with Crippen LogP contribution in [-0.2, 0) is 6.42 Å². The highest BCUT2D eigenvalue weighted by molar-refractivity contribution is 5.96. The number of carbonyl (C=O) groups excluding carboxylic acids is 1. The lowest BCUT2D eigenvalue weighted by Gasteiger charge is -2.03. The average Bonchev–Trinajstić information content (AvgIpc) is 2.40. The Morgan fingerprint density at radius 2 is 1.72 bits per heavy atom. The molecule has 1 nitrogen and oxygen atoms in total. The second-order valence-corrected chi connectivity index (χ2v) is 4.02. The van der Waals surface area contributed by atoms with E-state index in [0.717, 1.165) is 18.2 Å². The minimum atomic E-state index is -0.487. The predicted molar refractivity (Wildman–Crippen MR) is 65.5 cm³/mol. The molecule has 0 aliphatic rings. The molecule has 2 aromatic carbocycles. The smallest absolute Gasteiger partial charge is 0.163 e. The largest absolute Gasteiger partial charge is 0.294 e. The van der Waals surface area contributed by atoms with Crippen molar-refractivity contribution in [3.8, 4) is 0 Å². The van der Waals surface area contributed by atoms with E-state index >= 15 is 0 Å². The number of halogens is 2. The van der Waals surface area contributed by atoms with Crippen LogP contribution in [0.5, 0.6) is 0 Å². The number of carbonyl (C=O) groups is 1. The minimum Gasteiger partial charge on any atom is -0.294 e. The van der Waals surface area contributed by atoms with Crippen LogP contribution in [0, 0.1) is 11.6 Å². The monoisotopic (exact) mass is 246 g/mol. The summed E-state index contributed by atoms with van der Waals surface area (Å²) in [5.74, 6) is -1.03. The molecule has 0 N–H and O–H groups in total. The number of benzene rings is 2. The fourth-order valence-electron chi connectivity index (χ4n) is 1.75. The fraction of sp³-hybridized carbons (Fsp3) is 0.133. The van der Waals surface area contributed by atoms with Crippen LogP contribution in [0.3, 0.4) is 0 Å². The normalized spacial score (nSPS) is 10.3. The molecule has 0 amide bonds. The molecule has 2 aromatic rings. The molecule has 0 bridgehead atoms. The van der Waals surface area contributed by atoms with Crippen molar-refractivity contribution in [3.63, 3.8) is 0 Å². The van der Waals surface area contributed by atoms with Gasteiger partial charge in [-0.05, 0) is 30.2 Å². The van der Waals surface area contributed by atoms with Crippen LogP contribution in [-0.4, -0.2) is 5.78 Å². The van der Waals surface area contributed by atoms with Crippen LogP contribution in [0.4, 0.5) is 8.78 Å². The summed E-state index contributed by atoms with van der Waals surface area (Å²) in [6.07, 6.45) is 0.377. The van der Waals surface area contributed by atoms with Gasteiger partial charge in [0.1, 0.15) is 11.6 Å². The van der Waals surface area contributed by atoms with Crippen molar-refractivity contribution < 1.29 is 13.6 Å². The number of aryl methyl sites for hydroxylation is 1. The quantitative estimate of drug-likeness (QED) is 0.750. The minimum absolute atomic E-state index is 0.0701. The first-order chi connectivity index (χ1) is 8.66. The number of Topliss-reactive ketones (excluding diaryl/α,β-unsaturated/α-hetero) is 1. The number of hydrogen-bond donors (Lipinski definition) is 0. The summed E-state index contributed by atoms with van der Waals surface area (Å²) < 4.78 is 26.3. The highest BCUT2D eigenvalue weighted by Gasteiger charge is 2.08. The lowest BCUT2D eigenvalue weighted by atomic mass is 10.0. The third-order valence-electron chi connectivity index (χ3n) is 2.72. The van der Waals surface area contributed by atoms with Gasteiger partial charge in [0.25, 0.3) is 0 Å². The van der Waals surface area contributed by atoms with E-state index in [2.05, 4.69) is 0 Å². The zero-order chi connectivity index (χ0) is 13.0. The standard InChI is InChI=1S/C15H12F2O/c16-13-7-8-14(17)12(10-13)6-9-15(18)11-4-2-1-3-5-11/h1-5,7-8,10H,6,9H2. The van der Waals surface area contributed by atoms with Crippen LogP contribution < -0.4 is 0 Å². The first-order valence-electron chi connectivity index (χ1n) is 5.69. The van der Waals surface area contributed by atoms with E-state index in [4.69, 9.17) is 0 Å². The van der Waals surface area contributed by atoms with Crippen LogP contribution in [0.2, 0.25) is 0 Å². The topological polar surface area (TPSA) is 17.1 Å².